The Morgan fingerprint density at radius 3 is 2.50 bits per heavy atom. The van der Waals surface area contributed by atoms with Gasteiger partial charge >= 0.3 is 0 Å². The van der Waals surface area contributed by atoms with Gasteiger partial charge in [-0.25, -0.2) is 0 Å². The van der Waals surface area contributed by atoms with Crippen LogP contribution in [0.1, 0.15) is 72.8 Å². The van der Waals surface area contributed by atoms with E-state index in [1.54, 1.807) is 7.11 Å². The predicted octanol–water partition coefficient (Wildman–Crippen LogP) is 6.50. The molecule has 5 rings (SSSR count). The number of aliphatic imine (C=N–C) groups is 1. The minimum absolute atomic E-state index is 0.0147. The van der Waals surface area contributed by atoms with E-state index in [1.807, 2.05) is 68.4 Å². The van der Waals surface area contributed by atoms with Gasteiger partial charge in [-0.2, -0.15) is 0 Å². The fraction of sp³-hybridized carbons (Fsp3) is 0.355. The first-order valence-electron chi connectivity index (χ1n) is 13.0. The second-order valence-corrected chi connectivity index (χ2v) is 10.9. The number of aliphatic hydroxyl groups is 1. The zero-order chi connectivity index (χ0) is 26.9. The third-order valence-corrected chi connectivity index (χ3v) is 7.32. The molecule has 7 nitrogen and oxygen atoms in total. The molecule has 1 N–H and O–H groups in total. The van der Waals surface area contributed by atoms with Crippen LogP contribution in [0.2, 0.25) is 0 Å². The lowest BCUT2D eigenvalue weighted by molar-refractivity contribution is -0.116. The first-order valence-corrected chi connectivity index (χ1v) is 13.0. The third kappa shape index (κ3) is 5.32. The fourth-order valence-corrected chi connectivity index (χ4v) is 5.45. The van der Waals surface area contributed by atoms with Gasteiger partial charge in [-0.3, -0.25) is 14.6 Å². The zero-order valence-corrected chi connectivity index (χ0v) is 22.0. The first-order chi connectivity index (χ1) is 18.2. The zero-order valence-electron chi connectivity index (χ0n) is 22.0. The van der Waals surface area contributed by atoms with Crippen LogP contribution in [0.5, 0.6) is 5.75 Å². The highest BCUT2D eigenvalue weighted by Gasteiger charge is 2.37. The largest absolute Gasteiger partial charge is 0.511 e. The number of aliphatic hydroxyl groups excluding tert-OH is 1. The molecule has 38 heavy (non-hydrogen) atoms. The lowest BCUT2D eigenvalue weighted by atomic mass is 9.76. The van der Waals surface area contributed by atoms with Crippen molar-refractivity contribution in [1.29, 1.82) is 0 Å². The molecule has 1 saturated carbocycles. The number of hydrogen-bond donors (Lipinski definition) is 1. The average Bonchev–Trinajstić information content (AvgIpc) is 3.30. The standard InChI is InChI=1S/C31H32N2O5/c1-31(2)17-27(36)30-23(33-38-28(30)18-31)13-14-25(34)29-24(32-21-9-11-22(37-3)12-10-21)15-20(16-26(29)35)19-7-5-4-6-8-19/h4-12,20,34H,13-18H2,1-3H3/b29-25+,32-24?. The number of hydrogen-bond acceptors (Lipinski definition) is 7. The number of rotatable bonds is 6. The van der Waals surface area contributed by atoms with Gasteiger partial charge in [0, 0.05) is 32.1 Å². The van der Waals surface area contributed by atoms with Crippen molar-refractivity contribution >= 4 is 23.0 Å². The van der Waals surface area contributed by atoms with Crippen LogP contribution in [-0.2, 0) is 17.6 Å². The molecule has 7 heteroatoms. The van der Waals surface area contributed by atoms with E-state index in [0.717, 1.165) is 5.56 Å². The van der Waals surface area contributed by atoms with Gasteiger partial charge in [0.2, 0.25) is 0 Å². The summed E-state index contributed by atoms with van der Waals surface area (Å²) in [6, 6.07) is 17.2. The van der Waals surface area contributed by atoms with Crippen LogP contribution in [0.15, 0.2) is 75.4 Å². The molecule has 3 aromatic rings. The van der Waals surface area contributed by atoms with Crippen molar-refractivity contribution in [3.05, 3.63) is 88.5 Å². The minimum atomic E-state index is -0.165. The number of methoxy groups -OCH3 is 1. The summed E-state index contributed by atoms with van der Waals surface area (Å²) in [4.78, 5) is 31.0. The number of nitrogens with zero attached hydrogens (tertiary/aromatic N) is 2. The Hall–Kier alpha value is -4.00. The van der Waals surface area contributed by atoms with Crippen molar-refractivity contribution in [3.63, 3.8) is 0 Å². The van der Waals surface area contributed by atoms with Crippen LogP contribution in [-0.4, -0.2) is 34.7 Å². The number of allylic oxidation sites excluding steroid dienone is 2. The average molecular weight is 513 g/mol. The molecule has 2 aromatic carbocycles. The molecule has 1 unspecified atom stereocenters. The lowest BCUT2D eigenvalue weighted by Crippen LogP contribution is -2.27. The first kappa shape index (κ1) is 25.6. The van der Waals surface area contributed by atoms with Gasteiger partial charge in [0.15, 0.2) is 11.6 Å². The maximum Gasteiger partial charge on any atom is 0.168 e. The summed E-state index contributed by atoms with van der Waals surface area (Å²) >= 11 is 0. The van der Waals surface area contributed by atoms with E-state index >= 15 is 0 Å². The molecule has 0 bridgehead atoms. The Kier molecular flexibility index (Phi) is 7.02. The van der Waals surface area contributed by atoms with E-state index in [1.165, 1.54) is 0 Å². The van der Waals surface area contributed by atoms with Crippen molar-refractivity contribution < 1.29 is 24.0 Å². The van der Waals surface area contributed by atoms with Crippen LogP contribution in [0.3, 0.4) is 0 Å². The summed E-state index contributed by atoms with van der Waals surface area (Å²) < 4.78 is 10.8. The summed E-state index contributed by atoms with van der Waals surface area (Å²) in [5, 5.41) is 15.3. The van der Waals surface area contributed by atoms with Crippen molar-refractivity contribution in [1.82, 2.24) is 5.16 Å². The van der Waals surface area contributed by atoms with Crippen molar-refractivity contribution in [2.24, 2.45) is 10.4 Å². The van der Waals surface area contributed by atoms with Gasteiger partial charge in [0.25, 0.3) is 0 Å². The maximum atomic E-state index is 13.4. The molecule has 196 valence electrons. The minimum Gasteiger partial charge on any atom is -0.511 e. The molecular weight excluding hydrogens is 480 g/mol. The number of ether oxygens (including phenoxy) is 1. The van der Waals surface area contributed by atoms with E-state index < -0.39 is 0 Å². The van der Waals surface area contributed by atoms with Crippen LogP contribution in [0, 0.1) is 5.41 Å². The van der Waals surface area contributed by atoms with E-state index in [0.29, 0.717) is 59.8 Å². The summed E-state index contributed by atoms with van der Waals surface area (Å²) in [6.07, 6.45) is 2.34. The maximum absolute atomic E-state index is 13.4. The van der Waals surface area contributed by atoms with Crippen molar-refractivity contribution in [2.75, 3.05) is 7.11 Å². The SMILES string of the molecule is COc1ccc(N=C2CC(c3ccccc3)CC(=O)/C2=C(/O)CCc2noc3c2C(=O)CC(C)(C)C3)cc1. The van der Waals surface area contributed by atoms with E-state index in [9.17, 15) is 14.7 Å². The molecule has 1 aromatic heterocycles. The molecule has 1 heterocycles. The Bertz CT molecular complexity index is 1410. The summed E-state index contributed by atoms with van der Waals surface area (Å²) in [7, 11) is 1.60. The molecule has 0 aliphatic heterocycles. The highest BCUT2D eigenvalue weighted by molar-refractivity contribution is 6.25. The number of aromatic nitrogens is 1. The number of benzene rings is 2. The van der Waals surface area contributed by atoms with Gasteiger partial charge in [0.1, 0.15) is 17.3 Å². The Labute approximate surface area is 222 Å². The van der Waals surface area contributed by atoms with Gasteiger partial charge < -0.3 is 14.4 Å². The summed E-state index contributed by atoms with van der Waals surface area (Å²) in [5.74, 6) is 1.13. The molecule has 2 aliphatic rings. The molecule has 0 saturated heterocycles. The molecule has 0 amide bonds. The third-order valence-electron chi connectivity index (χ3n) is 7.32. The van der Waals surface area contributed by atoms with Gasteiger partial charge in [-0.05, 0) is 47.6 Å². The van der Waals surface area contributed by atoms with Gasteiger partial charge in [0.05, 0.1) is 35.3 Å². The molecule has 2 aliphatic carbocycles. The van der Waals surface area contributed by atoms with Gasteiger partial charge in [-0.15, -0.1) is 0 Å². The van der Waals surface area contributed by atoms with E-state index in [2.05, 4.69) is 5.16 Å². The van der Waals surface area contributed by atoms with Crippen molar-refractivity contribution in [2.45, 2.75) is 58.3 Å². The number of carbonyl (C=O) groups excluding carboxylic acids is 2. The fourth-order valence-electron chi connectivity index (χ4n) is 5.45. The molecule has 0 spiro atoms. The van der Waals surface area contributed by atoms with Crippen molar-refractivity contribution in [3.8, 4) is 5.75 Å². The molecule has 1 fully saturated rings. The van der Waals surface area contributed by atoms with E-state index in [-0.39, 0.29) is 47.1 Å². The number of fused-ring (bicyclic) bond motifs is 1. The number of ketones is 2. The Morgan fingerprint density at radius 1 is 1.05 bits per heavy atom. The van der Waals surface area contributed by atoms with Crippen LogP contribution in [0.4, 0.5) is 5.69 Å². The number of carbonyl (C=O) groups is 2. The number of aryl methyl sites for hydroxylation is 1. The Morgan fingerprint density at radius 2 is 1.79 bits per heavy atom. The van der Waals surface area contributed by atoms with Crippen LogP contribution in [0.25, 0.3) is 0 Å². The predicted molar refractivity (Wildman–Crippen MR) is 144 cm³/mol. The molecule has 1 atom stereocenters. The second-order valence-electron chi connectivity index (χ2n) is 10.9. The number of Topliss-reactive ketones (excluding diaryl/α,β-unsaturated/α-hetero) is 2. The Balaban J connectivity index is 1.45. The quantitative estimate of drug-likeness (QED) is 0.299. The topological polar surface area (TPSA) is 102 Å². The smallest absolute Gasteiger partial charge is 0.168 e. The van der Waals surface area contributed by atoms with Crippen LogP contribution < -0.4 is 4.74 Å². The van der Waals surface area contributed by atoms with E-state index in [4.69, 9.17) is 14.3 Å². The second kappa shape index (κ2) is 10.4. The molecular formula is C31H32N2O5. The van der Waals surface area contributed by atoms with Gasteiger partial charge in [-0.1, -0.05) is 49.3 Å². The highest BCUT2D eigenvalue weighted by atomic mass is 16.5. The summed E-state index contributed by atoms with van der Waals surface area (Å²) in [5.41, 5.74) is 3.46. The normalized spacial score (nSPS) is 21.3. The molecule has 0 radical (unpaired) electrons. The summed E-state index contributed by atoms with van der Waals surface area (Å²) in [6.45, 7) is 4.07. The lowest BCUT2D eigenvalue weighted by Gasteiger charge is -2.27. The monoisotopic (exact) mass is 512 g/mol. The highest BCUT2D eigenvalue weighted by Crippen LogP contribution is 2.38. The van der Waals surface area contributed by atoms with Crippen LogP contribution >= 0.6 is 0 Å².